The molecule has 1 saturated heterocycles. The molecule has 1 aliphatic heterocycles. The van der Waals surface area contributed by atoms with E-state index in [9.17, 15) is 9.59 Å². The van der Waals surface area contributed by atoms with Crippen LogP contribution in [0.3, 0.4) is 0 Å². The first-order valence-electron chi connectivity index (χ1n) is 8.74. The summed E-state index contributed by atoms with van der Waals surface area (Å²) in [5.74, 6) is 0.226. The third-order valence-electron chi connectivity index (χ3n) is 4.11. The van der Waals surface area contributed by atoms with Crippen LogP contribution in [-0.4, -0.2) is 31.1 Å². The molecule has 1 atom stereocenters. The van der Waals surface area contributed by atoms with Gasteiger partial charge in [-0.3, -0.25) is 9.59 Å². The lowest BCUT2D eigenvalue weighted by Gasteiger charge is -2.12. The molecular weight excluding hydrogens is 368 g/mol. The molecule has 0 radical (unpaired) electrons. The van der Waals surface area contributed by atoms with Crippen LogP contribution < -0.4 is 15.4 Å². The van der Waals surface area contributed by atoms with Crippen molar-refractivity contribution >= 4 is 34.8 Å². The Morgan fingerprint density at radius 2 is 1.96 bits per heavy atom. The van der Waals surface area contributed by atoms with Crippen LogP contribution in [0, 0.1) is 0 Å². The predicted molar refractivity (Wildman–Crippen MR) is 105 cm³/mol. The lowest BCUT2D eigenvalue weighted by atomic mass is 10.2. The zero-order chi connectivity index (χ0) is 19.2. The van der Waals surface area contributed by atoms with E-state index in [1.165, 1.54) is 6.92 Å². The quantitative estimate of drug-likeness (QED) is 0.780. The van der Waals surface area contributed by atoms with Gasteiger partial charge in [0.05, 0.1) is 16.8 Å². The zero-order valence-corrected chi connectivity index (χ0v) is 15.7. The predicted octanol–water partition coefficient (Wildman–Crippen LogP) is 4.11. The minimum atomic E-state index is -0.260. The number of hydrogen-bond acceptors (Lipinski definition) is 4. The lowest BCUT2D eigenvalue weighted by molar-refractivity contribution is -0.114. The first-order valence-corrected chi connectivity index (χ1v) is 9.12. The molecule has 7 heteroatoms. The summed E-state index contributed by atoms with van der Waals surface area (Å²) in [5, 5.41) is 5.74. The number of carbonyl (C=O) groups is 2. The van der Waals surface area contributed by atoms with Crippen molar-refractivity contribution in [3.05, 3.63) is 53.1 Å². The van der Waals surface area contributed by atoms with Gasteiger partial charge in [-0.1, -0.05) is 11.6 Å². The van der Waals surface area contributed by atoms with Crippen LogP contribution in [-0.2, 0) is 9.53 Å². The molecule has 27 heavy (non-hydrogen) atoms. The molecular formula is C20H21ClN2O4. The topological polar surface area (TPSA) is 76.7 Å². The van der Waals surface area contributed by atoms with E-state index >= 15 is 0 Å². The van der Waals surface area contributed by atoms with Gasteiger partial charge in [0.25, 0.3) is 5.91 Å². The summed E-state index contributed by atoms with van der Waals surface area (Å²) in [7, 11) is 0. The van der Waals surface area contributed by atoms with Crippen LogP contribution in [0.5, 0.6) is 5.75 Å². The number of hydrogen-bond donors (Lipinski definition) is 2. The van der Waals surface area contributed by atoms with Gasteiger partial charge in [-0.05, 0) is 55.3 Å². The Morgan fingerprint density at radius 3 is 2.59 bits per heavy atom. The zero-order valence-electron chi connectivity index (χ0n) is 15.0. The number of nitrogens with one attached hydrogen (secondary N) is 2. The smallest absolute Gasteiger partial charge is 0.255 e. The Kier molecular flexibility index (Phi) is 6.32. The number of halogens is 1. The first-order chi connectivity index (χ1) is 13.0. The lowest BCUT2D eigenvalue weighted by Crippen LogP contribution is -2.16. The SMILES string of the molecule is CC(=O)Nc1ccc(NC(=O)c2ccc(OCC3CCCO3)cc2)cc1Cl. The average molecular weight is 389 g/mol. The van der Waals surface area contributed by atoms with Crippen molar-refractivity contribution in [1.82, 2.24) is 0 Å². The van der Waals surface area contributed by atoms with E-state index in [1.54, 1.807) is 42.5 Å². The van der Waals surface area contributed by atoms with Crippen LogP contribution in [0.1, 0.15) is 30.1 Å². The minimum Gasteiger partial charge on any atom is -0.491 e. The standard InChI is InChI=1S/C20H21ClN2O4/c1-13(24)22-19-9-6-15(11-18(19)21)23-20(25)14-4-7-16(8-5-14)27-12-17-3-2-10-26-17/h4-9,11,17H,2-3,10,12H2,1H3,(H,22,24)(H,23,25). The number of amides is 2. The maximum atomic E-state index is 12.4. The van der Waals surface area contributed by atoms with Crippen molar-refractivity contribution in [2.24, 2.45) is 0 Å². The second-order valence-corrected chi connectivity index (χ2v) is 6.71. The summed E-state index contributed by atoms with van der Waals surface area (Å²) in [5.41, 5.74) is 1.54. The second-order valence-electron chi connectivity index (χ2n) is 6.30. The molecule has 3 rings (SSSR count). The number of ether oxygens (including phenoxy) is 2. The molecule has 2 N–H and O–H groups in total. The maximum Gasteiger partial charge on any atom is 0.255 e. The summed E-state index contributed by atoms with van der Waals surface area (Å²) in [6, 6.07) is 11.8. The summed E-state index contributed by atoms with van der Waals surface area (Å²) in [4.78, 5) is 23.5. The Hall–Kier alpha value is -2.57. The highest BCUT2D eigenvalue weighted by molar-refractivity contribution is 6.34. The molecule has 1 fully saturated rings. The second kappa shape index (κ2) is 8.88. The van der Waals surface area contributed by atoms with Crippen molar-refractivity contribution in [3.63, 3.8) is 0 Å². The van der Waals surface area contributed by atoms with Gasteiger partial charge in [0.2, 0.25) is 5.91 Å². The molecule has 2 aromatic rings. The fourth-order valence-corrected chi connectivity index (χ4v) is 2.98. The Labute approximate surface area is 162 Å². The van der Waals surface area contributed by atoms with Crippen molar-refractivity contribution in [1.29, 1.82) is 0 Å². The minimum absolute atomic E-state index is 0.151. The highest BCUT2D eigenvalue weighted by Gasteiger charge is 2.16. The van der Waals surface area contributed by atoms with E-state index in [0.29, 0.717) is 34.3 Å². The molecule has 0 bridgehead atoms. The fraction of sp³-hybridized carbons (Fsp3) is 0.300. The van der Waals surface area contributed by atoms with E-state index < -0.39 is 0 Å². The van der Waals surface area contributed by atoms with Crippen molar-refractivity contribution in [2.75, 3.05) is 23.8 Å². The summed E-state index contributed by atoms with van der Waals surface area (Å²) in [6.07, 6.45) is 2.24. The monoisotopic (exact) mass is 388 g/mol. The summed E-state index contributed by atoms with van der Waals surface area (Å²) in [6.45, 7) is 2.72. The van der Waals surface area contributed by atoms with Gasteiger partial charge < -0.3 is 20.1 Å². The molecule has 6 nitrogen and oxygen atoms in total. The highest BCUT2D eigenvalue weighted by atomic mass is 35.5. The Bertz CT molecular complexity index is 817. The van der Waals surface area contributed by atoms with E-state index in [0.717, 1.165) is 19.4 Å². The number of carbonyl (C=O) groups excluding carboxylic acids is 2. The molecule has 1 heterocycles. The number of rotatable bonds is 6. The average Bonchev–Trinajstić information content (AvgIpc) is 3.16. The first kappa shape index (κ1) is 19.2. The molecule has 142 valence electrons. The molecule has 0 spiro atoms. The molecule has 0 aliphatic carbocycles. The van der Waals surface area contributed by atoms with Gasteiger partial charge in [-0.25, -0.2) is 0 Å². The van der Waals surface area contributed by atoms with E-state index in [-0.39, 0.29) is 17.9 Å². The number of anilines is 2. The maximum absolute atomic E-state index is 12.4. The number of benzene rings is 2. The van der Waals surface area contributed by atoms with Crippen LogP contribution >= 0.6 is 11.6 Å². The Morgan fingerprint density at radius 1 is 1.19 bits per heavy atom. The van der Waals surface area contributed by atoms with Crippen LogP contribution in [0.15, 0.2) is 42.5 Å². The van der Waals surface area contributed by atoms with E-state index in [1.807, 2.05) is 0 Å². The normalized spacial score (nSPS) is 16.0. The fourth-order valence-electron chi connectivity index (χ4n) is 2.75. The van der Waals surface area contributed by atoms with Gasteiger partial charge in [0.1, 0.15) is 12.4 Å². The molecule has 2 amide bonds. The largest absolute Gasteiger partial charge is 0.491 e. The van der Waals surface area contributed by atoms with Gasteiger partial charge in [-0.2, -0.15) is 0 Å². The Balaban J connectivity index is 1.57. The highest BCUT2D eigenvalue weighted by Crippen LogP contribution is 2.26. The third kappa shape index (κ3) is 5.45. The van der Waals surface area contributed by atoms with Crippen molar-refractivity contribution in [2.45, 2.75) is 25.9 Å². The van der Waals surface area contributed by atoms with Gasteiger partial charge in [0.15, 0.2) is 0 Å². The molecule has 1 unspecified atom stereocenters. The molecule has 2 aromatic carbocycles. The van der Waals surface area contributed by atoms with Gasteiger partial charge in [-0.15, -0.1) is 0 Å². The molecule has 0 saturated carbocycles. The summed E-state index contributed by atoms with van der Waals surface area (Å²) < 4.78 is 11.2. The van der Waals surface area contributed by atoms with Crippen LogP contribution in [0.2, 0.25) is 5.02 Å². The molecule has 1 aliphatic rings. The van der Waals surface area contributed by atoms with Crippen LogP contribution in [0.4, 0.5) is 11.4 Å². The van der Waals surface area contributed by atoms with Gasteiger partial charge >= 0.3 is 0 Å². The third-order valence-corrected chi connectivity index (χ3v) is 4.43. The van der Waals surface area contributed by atoms with Crippen LogP contribution in [0.25, 0.3) is 0 Å². The summed E-state index contributed by atoms with van der Waals surface area (Å²) >= 11 is 6.12. The van der Waals surface area contributed by atoms with E-state index in [2.05, 4.69) is 10.6 Å². The van der Waals surface area contributed by atoms with Crippen molar-refractivity contribution < 1.29 is 19.1 Å². The van der Waals surface area contributed by atoms with Crippen molar-refractivity contribution in [3.8, 4) is 5.75 Å². The van der Waals surface area contributed by atoms with Gasteiger partial charge in [0, 0.05) is 24.8 Å². The van der Waals surface area contributed by atoms with E-state index in [4.69, 9.17) is 21.1 Å². The molecule has 0 aromatic heterocycles.